The maximum Gasteiger partial charge on any atom is 0.336 e. The van der Waals surface area contributed by atoms with Crippen molar-refractivity contribution in [1.29, 1.82) is 0 Å². The molecule has 3 aromatic rings. The van der Waals surface area contributed by atoms with Crippen LogP contribution in [0.5, 0.6) is 5.75 Å². The van der Waals surface area contributed by atoms with Gasteiger partial charge in [0.15, 0.2) is 0 Å². The van der Waals surface area contributed by atoms with Crippen LogP contribution >= 0.6 is 0 Å². The summed E-state index contributed by atoms with van der Waals surface area (Å²) in [6.45, 7) is 2.28. The molecule has 1 aromatic carbocycles. The second-order valence-electron chi connectivity index (χ2n) is 4.94. The summed E-state index contributed by atoms with van der Waals surface area (Å²) in [5, 5.41) is 15.1. The van der Waals surface area contributed by atoms with E-state index >= 15 is 0 Å². The highest BCUT2D eigenvalue weighted by molar-refractivity contribution is 5.81. The Balaban J connectivity index is 1.87. The number of rotatable bonds is 6. The van der Waals surface area contributed by atoms with Gasteiger partial charge in [0.2, 0.25) is 0 Å². The molecule has 0 aliphatic rings. The van der Waals surface area contributed by atoms with Crippen molar-refractivity contribution in [3.8, 4) is 5.75 Å². The Hall–Kier alpha value is -2.70. The lowest BCUT2D eigenvalue weighted by Gasteiger charge is -2.08. The van der Waals surface area contributed by atoms with E-state index in [2.05, 4.69) is 27.5 Å². The number of hydrogen-bond acceptors (Lipinski definition) is 6. The summed E-state index contributed by atoms with van der Waals surface area (Å²) in [6.07, 6.45) is 2.97. The molecule has 22 heavy (non-hydrogen) atoms. The summed E-state index contributed by atoms with van der Waals surface area (Å²) in [4.78, 5) is 11.7. The molecule has 0 N–H and O–H groups in total. The van der Waals surface area contributed by atoms with E-state index in [9.17, 15) is 4.79 Å². The Morgan fingerprint density at radius 2 is 2.23 bits per heavy atom. The first-order chi connectivity index (χ1) is 10.8. The van der Waals surface area contributed by atoms with Gasteiger partial charge < -0.3 is 14.3 Å². The van der Waals surface area contributed by atoms with Crippen molar-refractivity contribution in [2.45, 2.75) is 32.8 Å². The molecule has 2 heterocycles. The largest absolute Gasteiger partial charge is 0.488 e. The third-order valence-electron chi connectivity index (χ3n) is 3.33. The Morgan fingerprint density at radius 1 is 1.32 bits per heavy atom. The molecule has 0 atom stereocenters. The summed E-state index contributed by atoms with van der Waals surface area (Å²) >= 11 is 0. The van der Waals surface area contributed by atoms with E-state index in [4.69, 9.17) is 9.15 Å². The van der Waals surface area contributed by atoms with Gasteiger partial charge in [-0.25, -0.2) is 4.79 Å². The number of benzene rings is 1. The molecular weight excluding hydrogens is 284 g/mol. The van der Waals surface area contributed by atoms with Gasteiger partial charge in [-0.2, -0.15) is 5.21 Å². The van der Waals surface area contributed by atoms with Crippen molar-refractivity contribution in [3.05, 3.63) is 46.1 Å². The second-order valence-corrected chi connectivity index (χ2v) is 4.94. The molecular formula is C15H15N4O3-. The lowest BCUT2D eigenvalue weighted by molar-refractivity contribution is 0.295. The van der Waals surface area contributed by atoms with Crippen LogP contribution in [0.2, 0.25) is 0 Å². The van der Waals surface area contributed by atoms with E-state index in [1.54, 1.807) is 12.1 Å². The quantitative estimate of drug-likeness (QED) is 0.641. The van der Waals surface area contributed by atoms with Gasteiger partial charge in [-0.15, -0.1) is 0 Å². The van der Waals surface area contributed by atoms with Crippen molar-refractivity contribution in [2.75, 3.05) is 0 Å². The zero-order valence-electron chi connectivity index (χ0n) is 12.2. The molecule has 0 amide bonds. The van der Waals surface area contributed by atoms with Gasteiger partial charge in [0.05, 0.1) is 0 Å². The highest BCUT2D eigenvalue weighted by Gasteiger charge is 2.07. The molecule has 0 unspecified atom stereocenters. The van der Waals surface area contributed by atoms with Crippen LogP contribution in [0.4, 0.5) is 0 Å². The first-order valence-electron chi connectivity index (χ1n) is 7.13. The lowest BCUT2D eigenvalue weighted by atomic mass is 10.0. The Bertz CT molecular complexity index is 811. The minimum absolute atomic E-state index is 0.165. The number of unbranched alkanes of at least 4 members (excludes halogenated alkanes) is 1. The van der Waals surface area contributed by atoms with Crippen LogP contribution in [-0.2, 0) is 13.0 Å². The van der Waals surface area contributed by atoms with Crippen LogP contribution < -0.4 is 15.5 Å². The van der Waals surface area contributed by atoms with Crippen molar-refractivity contribution in [3.63, 3.8) is 0 Å². The highest BCUT2D eigenvalue weighted by atomic mass is 16.5. The molecule has 0 saturated carbocycles. The second kappa shape index (κ2) is 6.38. The fraction of sp³-hybridized carbons (Fsp3) is 0.333. The van der Waals surface area contributed by atoms with Crippen LogP contribution in [0, 0.1) is 0 Å². The zero-order chi connectivity index (χ0) is 15.4. The van der Waals surface area contributed by atoms with Gasteiger partial charge in [-0.05, 0) is 30.5 Å². The average molecular weight is 299 g/mol. The number of aromatic nitrogens is 4. The molecule has 0 aliphatic heterocycles. The smallest absolute Gasteiger partial charge is 0.336 e. The first kappa shape index (κ1) is 14.2. The Kier molecular flexibility index (Phi) is 4.13. The summed E-state index contributed by atoms with van der Waals surface area (Å²) in [5.41, 5.74) is 1.19. The molecule has 3 rings (SSSR count). The molecule has 0 fully saturated rings. The molecule has 0 bridgehead atoms. The number of fused-ring (bicyclic) bond motifs is 1. The van der Waals surface area contributed by atoms with Crippen LogP contribution in [0.1, 0.15) is 31.2 Å². The molecule has 7 nitrogen and oxygen atoms in total. The molecule has 114 valence electrons. The standard InChI is InChI=1S/C15H15N4O3/c1-2-3-4-10-7-15(20)22-13-8-11(5-6-12(10)13)21-9-14-16-18-19-17-14/h5-8H,2-4,9H2,1H3/q-1. The molecule has 0 spiro atoms. The highest BCUT2D eigenvalue weighted by Crippen LogP contribution is 2.24. The fourth-order valence-electron chi connectivity index (χ4n) is 2.24. The van der Waals surface area contributed by atoms with Gasteiger partial charge in [0.25, 0.3) is 0 Å². The number of hydrogen-bond donors (Lipinski definition) is 0. The summed E-state index contributed by atoms with van der Waals surface area (Å²) in [7, 11) is 0. The molecule has 0 aliphatic carbocycles. The van der Waals surface area contributed by atoms with E-state index < -0.39 is 0 Å². The monoisotopic (exact) mass is 299 g/mol. The van der Waals surface area contributed by atoms with Crippen molar-refractivity contribution >= 4 is 11.0 Å². The van der Waals surface area contributed by atoms with E-state index in [-0.39, 0.29) is 12.2 Å². The van der Waals surface area contributed by atoms with Gasteiger partial charge in [-0.1, -0.05) is 13.3 Å². The fourth-order valence-corrected chi connectivity index (χ4v) is 2.24. The summed E-state index contributed by atoms with van der Waals surface area (Å²) in [6, 6.07) is 7.01. The number of tetrazole rings is 1. The lowest BCUT2D eigenvalue weighted by Crippen LogP contribution is -2.02. The van der Waals surface area contributed by atoms with Crippen LogP contribution in [-0.4, -0.2) is 15.5 Å². The average Bonchev–Trinajstić information content (AvgIpc) is 3.03. The molecule has 7 heteroatoms. The first-order valence-corrected chi connectivity index (χ1v) is 7.13. The SMILES string of the molecule is CCCCc1cc(=O)oc2cc(OCc3nnn[n-]3)ccc12. The Morgan fingerprint density at radius 3 is 3.00 bits per heavy atom. The predicted molar refractivity (Wildman–Crippen MR) is 78.6 cm³/mol. The number of ether oxygens (including phenoxy) is 1. The van der Waals surface area contributed by atoms with Crippen LogP contribution in [0.3, 0.4) is 0 Å². The van der Waals surface area contributed by atoms with E-state index in [0.29, 0.717) is 17.2 Å². The van der Waals surface area contributed by atoms with Crippen molar-refractivity contribution in [2.24, 2.45) is 0 Å². The summed E-state index contributed by atoms with van der Waals surface area (Å²) < 4.78 is 10.8. The van der Waals surface area contributed by atoms with E-state index in [1.807, 2.05) is 12.1 Å². The van der Waals surface area contributed by atoms with Gasteiger partial charge in [-0.3, -0.25) is 10.3 Å². The van der Waals surface area contributed by atoms with Crippen molar-refractivity contribution < 1.29 is 9.15 Å². The molecule has 0 saturated heterocycles. The maximum atomic E-state index is 11.7. The van der Waals surface area contributed by atoms with Crippen molar-refractivity contribution in [1.82, 2.24) is 20.6 Å². The van der Waals surface area contributed by atoms with Gasteiger partial charge >= 0.3 is 5.63 Å². The van der Waals surface area contributed by atoms with E-state index in [1.165, 1.54) is 0 Å². The third kappa shape index (κ3) is 3.13. The zero-order valence-corrected chi connectivity index (χ0v) is 12.2. The molecule has 0 radical (unpaired) electrons. The predicted octanol–water partition coefficient (Wildman–Crippen LogP) is 1.86. The third-order valence-corrected chi connectivity index (χ3v) is 3.33. The minimum atomic E-state index is -0.344. The topological polar surface area (TPSA) is 92.2 Å². The number of nitrogens with zero attached hydrogens (tertiary/aromatic N) is 4. The normalized spacial score (nSPS) is 11.0. The maximum absolute atomic E-state index is 11.7. The van der Waals surface area contributed by atoms with E-state index in [0.717, 1.165) is 30.2 Å². The van der Waals surface area contributed by atoms with Crippen LogP contribution in [0.25, 0.3) is 11.0 Å². The van der Waals surface area contributed by atoms with Gasteiger partial charge in [0, 0.05) is 23.3 Å². The molecule has 2 aromatic heterocycles. The Labute approximate surface area is 126 Å². The minimum Gasteiger partial charge on any atom is -0.488 e. The summed E-state index contributed by atoms with van der Waals surface area (Å²) in [5.74, 6) is 0.978. The van der Waals surface area contributed by atoms with Gasteiger partial charge in [0.1, 0.15) is 17.9 Å². The van der Waals surface area contributed by atoms with Crippen LogP contribution in [0.15, 0.2) is 33.5 Å². The number of aryl methyl sites for hydroxylation is 1.